The molecule has 1 aromatic heterocycles. The van der Waals surface area contributed by atoms with Crippen molar-refractivity contribution in [3.8, 4) is 5.88 Å². The highest BCUT2D eigenvalue weighted by atomic mass is 16.5. The zero-order chi connectivity index (χ0) is 14.5. The maximum absolute atomic E-state index is 11.5. The molecule has 0 fully saturated rings. The van der Waals surface area contributed by atoms with Gasteiger partial charge in [-0.15, -0.1) is 0 Å². The number of ether oxygens (including phenoxy) is 1. The Morgan fingerprint density at radius 2 is 2.15 bits per heavy atom. The number of rotatable bonds is 5. The van der Waals surface area contributed by atoms with Crippen LogP contribution in [0.3, 0.4) is 0 Å². The van der Waals surface area contributed by atoms with E-state index in [-0.39, 0.29) is 0 Å². The number of aromatic nitrogens is 1. The lowest BCUT2D eigenvalue weighted by Crippen LogP contribution is -2.14. The van der Waals surface area contributed by atoms with E-state index in [0.717, 1.165) is 11.1 Å². The average molecular weight is 271 g/mol. The molecule has 0 radical (unpaired) electrons. The number of methoxy groups -OCH3 is 1. The fourth-order valence-corrected chi connectivity index (χ4v) is 2.18. The third-order valence-corrected chi connectivity index (χ3v) is 3.19. The number of carboxylic acids is 1. The minimum atomic E-state index is -0.847. The zero-order valence-corrected chi connectivity index (χ0v) is 11.5. The van der Waals surface area contributed by atoms with Gasteiger partial charge in [0.2, 0.25) is 5.88 Å². The van der Waals surface area contributed by atoms with Crippen LogP contribution in [0.2, 0.25) is 0 Å². The lowest BCUT2D eigenvalue weighted by Gasteiger charge is -2.14. The minimum absolute atomic E-state index is 0.429. The van der Waals surface area contributed by atoms with Crippen molar-refractivity contribution in [2.24, 2.45) is 0 Å². The van der Waals surface area contributed by atoms with E-state index in [1.54, 1.807) is 18.3 Å². The maximum Gasteiger partial charge on any atom is 0.311 e. The van der Waals surface area contributed by atoms with Gasteiger partial charge < -0.3 is 9.84 Å². The number of hydrogen-bond acceptors (Lipinski definition) is 3. The maximum atomic E-state index is 11.5. The van der Waals surface area contributed by atoms with E-state index in [1.165, 1.54) is 7.11 Å². The quantitative estimate of drug-likeness (QED) is 0.908. The summed E-state index contributed by atoms with van der Waals surface area (Å²) in [6.07, 6.45) is 2.02. The highest BCUT2D eigenvalue weighted by Gasteiger charge is 2.21. The van der Waals surface area contributed by atoms with E-state index in [9.17, 15) is 9.90 Å². The number of carboxylic acid groups (broad SMARTS) is 1. The van der Waals surface area contributed by atoms with Crippen LogP contribution >= 0.6 is 0 Å². The van der Waals surface area contributed by atoms with Crippen LogP contribution in [0.1, 0.15) is 22.6 Å². The molecule has 20 heavy (non-hydrogen) atoms. The Labute approximate surface area is 118 Å². The summed E-state index contributed by atoms with van der Waals surface area (Å²) in [5.41, 5.74) is 2.83. The van der Waals surface area contributed by atoms with Gasteiger partial charge in [0, 0.05) is 12.3 Å². The van der Waals surface area contributed by atoms with Crippen molar-refractivity contribution < 1.29 is 14.6 Å². The van der Waals surface area contributed by atoms with Crippen molar-refractivity contribution in [1.82, 2.24) is 4.98 Å². The number of pyridine rings is 1. The zero-order valence-electron chi connectivity index (χ0n) is 11.5. The van der Waals surface area contributed by atoms with Crippen LogP contribution in [0.15, 0.2) is 42.6 Å². The first-order valence-electron chi connectivity index (χ1n) is 6.38. The second kappa shape index (κ2) is 6.19. The highest BCUT2D eigenvalue weighted by molar-refractivity contribution is 5.76. The van der Waals surface area contributed by atoms with Crippen molar-refractivity contribution in [2.75, 3.05) is 7.11 Å². The highest BCUT2D eigenvalue weighted by Crippen LogP contribution is 2.24. The molecule has 1 N–H and O–H groups in total. The standard InChI is InChI=1S/C16H17NO3/c1-11-4-3-5-12(8-11)9-14(16(18)19)13-6-7-17-15(10-13)20-2/h3-8,10,14H,9H2,1-2H3,(H,18,19). The molecule has 0 aliphatic rings. The monoisotopic (exact) mass is 271 g/mol. The van der Waals surface area contributed by atoms with Gasteiger partial charge >= 0.3 is 5.97 Å². The van der Waals surface area contributed by atoms with Crippen LogP contribution in [0.5, 0.6) is 5.88 Å². The molecule has 4 nitrogen and oxygen atoms in total. The Morgan fingerprint density at radius 3 is 2.80 bits per heavy atom. The number of carbonyl (C=O) groups is 1. The van der Waals surface area contributed by atoms with E-state index in [4.69, 9.17) is 4.74 Å². The van der Waals surface area contributed by atoms with Crippen LogP contribution < -0.4 is 4.74 Å². The first-order valence-corrected chi connectivity index (χ1v) is 6.38. The van der Waals surface area contributed by atoms with Crippen LogP contribution in [-0.4, -0.2) is 23.2 Å². The van der Waals surface area contributed by atoms with Gasteiger partial charge in [0.25, 0.3) is 0 Å². The first kappa shape index (κ1) is 14.1. The molecule has 0 bridgehead atoms. The molecule has 0 amide bonds. The molecule has 2 aromatic rings. The molecular weight excluding hydrogens is 254 g/mol. The van der Waals surface area contributed by atoms with Gasteiger partial charge in [-0.3, -0.25) is 4.79 Å². The number of benzene rings is 1. The van der Waals surface area contributed by atoms with Crippen molar-refractivity contribution in [3.63, 3.8) is 0 Å². The molecule has 1 aromatic carbocycles. The molecular formula is C16H17NO3. The molecule has 0 saturated carbocycles. The largest absolute Gasteiger partial charge is 0.481 e. The van der Waals surface area contributed by atoms with E-state index in [2.05, 4.69) is 4.98 Å². The summed E-state index contributed by atoms with van der Waals surface area (Å²) < 4.78 is 5.05. The lowest BCUT2D eigenvalue weighted by molar-refractivity contribution is -0.138. The molecule has 0 aliphatic heterocycles. The molecule has 1 unspecified atom stereocenters. The molecule has 0 aliphatic carbocycles. The molecule has 0 saturated heterocycles. The number of nitrogens with zero attached hydrogens (tertiary/aromatic N) is 1. The van der Waals surface area contributed by atoms with Gasteiger partial charge in [-0.05, 0) is 30.5 Å². The fourth-order valence-electron chi connectivity index (χ4n) is 2.18. The topological polar surface area (TPSA) is 59.4 Å². The first-order chi connectivity index (χ1) is 9.60. The second-order valence-corrected chi connectivity index (χ2v) is 4.72. The summed E-state index contributed by atoms with van der Waals surface area (Å²) in [6, 6.07) is 11.3. The molecule has 0 spiro atoms. The molecule has 4 heteroatoms. The summed E-state index contributed by atoms with van der Waals surface area (Å²) in [5.74, 6) is -1.02. The average Bonchev–Trinajstić information content (AvgIpc) is 2.44. The van der Waals surface area contributed by atoms with Gasteiger partial charge in [-0.1, -0.05) is 29.8 Å². The van der Waals surface area contributed by atoms with Crippen LogP contribution in [0.25, 0.3) is 0 Å². The minimum Gasteiger partial charge on any atom is -0.481 e. The summed E-state index contributed by atoms with van der Waals surface area (Å²) >= 11 is 0. The normalized spacial score (nSPS) is 11.9. The lowest BCUT2D eigenvalue weighted by atomic mass is 9.92. The van der Waals surface area contributed by atoms with Gasteiger partial charge in [-0.2, -0.15) is 0 Å². The Balaban J connectivity index is 2.29. The van der Waals surface area contributed by atoms with E-state index in [0.29, 0.717) is 17.9 Å². The van der Waals surface area contributed by atoms with Crippen molar-refractivity contribution >= 4 is 5.97 Å². The Kier molecular flexibility index (Phi) is 4.35. The van der Waals surface area contributed by atoms with Gasteiger partial charge in [0.05, 0.1) is 13.0 Å². The van der Waals surface area contributed by atoms with Gasteiger partial charge in [0.1, 0.15) is 0 Å². The van der Waals surface area contributed by atoms with Crippen LogP contribution in [0.4, 0.5) is 0 Å². The van der Waals surface area contributed by atoms with E-state index < -0.39 is 11.9 Å². The fraction of sp³-hybridized carbons (Fsp3) is 0.250. The summed E-state index contributed by atoms with van der Waals surface area (Å²) in [5, 5.41) is 9.46. The van der Waals surface area contributed by atoms with Crippen molar-refractivity contribution in [2.45, 2.75) is 19.3 Å². The van der Waals surface area contributed by atoms with E-state index >= 15 is 0 Å². The molecule has 1 atom stereocenters. The second-order valence-electron chi connectivity index (χ2n) is 4.72. The van der Waals surface area contributed by atoms with Crippen molar-refractivity contribution in [3.05, 3.63) is 59.3 Å². The smallest absolute Gasteiger partial charge is 0.311 e. The van der Waals surface area contributed by atoms with E-state index in [1.807, 2.05) is 31.2 Å². The number of aryl methyl sites for hydroxylation is 1. The Bertz CT molecular complexity index is 610. The summed E-state index contributed by atoms with van der Waals surface area (Å²) in [7, 11) is 1.52. The summed E-state index contributed by atoms with van der Waals surface area (Å²) in [6.45, 7) is 1.99. The number of aliphatic carboxylic acids is 1. The predicted octanol–water partition coefficient (Wildman–Crippen LogP) is 2.81. The van der Waals surface area contributed by atoms with Gasteiger partial charge in [-0.25, -0.2) is 4.98 Å². The number of hydrogen-bond donors (Lipinski definition) is 1. The van der Waals surface area contributed by atoms with Crippen LogP contribution in [0, 0.1) is 6.92 Å². The Morgan fingerprint density at radius 1 is 1.35 bits per heavy atom. The third kappa shape index (κ3) is 3.35. The third-order valence-electron chi connectivity index (χ3n) is 3.19. The summed E-state index contributed by atoms with van der Waals surface area (Å²) in [4.78, 5) is 15.5. The van der Waals surface area contributed by atoms with Crippen LogP contribution in [-0.2, 0) is 11.2 Å². The molecule has 104 valence electrons. The van der Waals surface area contributed by atoms with Gasteiger partial charge in [0.15, 0.2) is 0 Å². The molecule has 1 heterocycles. The predicted molar refractivity (Wildman–Crippen MR) is 76.0 cm³/mol. The SMILES string of the molecule is COc1cc(C(Cc2cccc(C)c2)C(=O)O)ccn1. The Hall–Kier alpha value is -2.36. The van der Waals surface area contributed by atoms with Crippen molar-refractivity contribution in [1.29, 1.82) is 0 Å². The molecule has 2 rings (SSSR count).